The summed E-state index contributed by atoms with van der Waals surface area (Å²) in [7, 11) is 3.09. The Morgan fingerprint density at radius 1 is 1.07 bits per heavy atom. The molecule has 1 fully saturated rings. The molecule has 1 aliphatic heterocycles. The Morgan fingerprint density at radius 2 is 1.79 bits per heavy atom. The van der Waals surface area contributed by atoms with E-state index < -0.39 is 11.4 Å². The van der Waals surface area contributed by atoms with Crippen molar-refractivity contribution < 1.29 is 24.2 Å². The summed E-state index contributed by atoms with van der Waals surface area (Å²) in [5.74, 6) is 0.0773. The van der Waals surface area contributed by atoms with Crippen LogP contribution in [0.2, 0.25) is 0 Å². The van der Waals surface area contributed by atoms with E-state index >= 15 is 0 Å². The van der Waals surface area contributed by atoms with E-state index in [0.717, 1.165) is 29.5 Å². The fourth-order valence-electron chi connectivity index (χ4n) is 4.59. The van der Waals surface area contributed by atoms with E-state index in [0.29, 0.717) is 42.0 Å². The van der Waals surface area contributed by atoms with Crippen molar-refractivity contribution in [3.8, 4) is 22.6 Å². The first-order chi connectivity index (χ1) is 13.5. The molecule has 6 nitrogen and oxygen atoms in total. The average molecular weight is 381 g/mol. The van der Waals surface area contributed by atoms with Gasteiger partial charge >= 0.3 is 5.97 Å². The molecule has 1 saturated carbocycles. The highest BCUT2D eigenvalue weighted by Crippen LogP contribution is 2.51. The Bertz CT molecular complexity index is 960. The molecule has 0 saturated heterocycles. The SMILES string of the molecule is COc1ccc(-c2ccc3c(c2)CNC3=O)c(C2(C(=O)O)CCCC2)c1OC. The van der Waals surface area contributed by atoms with Crippen LogP contribution in [-0.4, -0.2) is 31.2 Å². The van der Waals surface area contributed by atoms with Crippen molar-refractivity contribution in [1.82, 2.24) is 5.32 Å². The number of carbonyl (C=O) groups excluding carboxylic acids is 1. The van der Waals surface area contributed by atoms with Gasteiger partial charge in [0.25, 0.3) is 5.91 Å². The summed E-state index contributed by atoms with van der Waals surface area (Å²) in [6.45, 7) is 0.481. The summed E-state index contributed by atoms with van der Waals surface area (Å²) in [6.07, 6.45) is 2.83. The molecule has 0 bridgehead atoms. The largest absolute Gasteiger partial charge is 0.493 e. The quantitative estimate of drug-likeness (QED) is 0.828. The van der Waals surface area contributed by atoms with Gasteiger partial charge in [0.1, 0.15) is 0 Å². The summed E-state index contributed by atoms with van der Waals surface area (Å²) in [5, 5.41) is 13.0. The minimum Gasteiger partial charge on any atom is -0.493 e. The van der Waals surface area contributed by atoms with Gasteiger partial charge in [0.15, 0.2) is 11.5 Å². The Morgan fingerprint density at radius 3 is 2.43 bits per heavy atom. The Balaban J connectivity index is 1.98. The summed E-state index contributed by atoms with van der Waals surface area (Å²) in [6, 6.07) is 9.33. The van der Waals surface area contributed by atoms with Gasteiger partial charge in [-0.3, -0.25) is 9.59 Å². The van der Waals surface area contributed by atoms with E-state index in [2.05, 4.69) is 5.32 Å². The molecule has 4 rings (SSSR count). The second-order valence-corrected chi connectivity index (χ2v) is 7.37. The highest BCUT2D eigenvalue weighted by Gasteiger charge is 2.47. The zero-order chi connectivity index (χ0) is 19.9. The molecule has 6 heteroatoms. The lowest BCUT2D eigenvalue weighted by Crippen LogP contribution is -2.33. The van der Waals surface area contributed by atoms with Gasteiger partial charge in [0.2, 0.25) is 0 Å². The molecule has 2 N–H and O–H groups in total. The molecule has 0 radical (unpaired) electrons. The van der Waals surface area contributed by atoms with Crippen LogP contribution in [0, 0.1) is 0 Å². The van der Waals surface area contributed by atoms with Crippen LogP contribution < -0.4 is 14.8 Å². The molecule has 1 aliphatic carbocycles. The number of ether oxygens (including phenoxy) is 2. The van der Waals surface area contributed by atoms with Gasteiger partial charge in [-0.2, -0.15) is 0 Å². The average Bonchev–Trinajstić information content (AvgIpc) is 3.34. The number of fused-ring (bicyclic) bond motifs is 1. The maximum Gasteiger partial charge on any atom is 0.314 e. The molecular formula is C22H23NO5. The van der Waals surface area contributed by atoms with Gasteiger partial charge in [0, 0.05) is 17.7 Å². The van der Waals surface area contributed by atoms with Crippen molar-refractivity contribution in [3.63, 3.8) is 0 Å². The van der Waals surface area contributed by atoms with Crippen LogP contribution in [-0.2, 0) is 16.8 Å². The fraction of sp³-hybridized carbons (Fsp3) is 0.364. The Labute approximate surface area is 163 Å². The first-order valence-electron chi connectivity index (χ1n) is 9.42. The molecule has 2 aliphatic rings. The number of nitrogens with one attached hydrogen (secondary N) is 1. The van der Waals surface area contributed by atoms with E-state index in [1.165, 1.54) is 0 Å². The van der Waals surface area contributed by atoms with Gasteiger partial charge in [0.05, 0.1) is 19.6 Å². The number of hydrogen-bond donors (Lipinski definition) is 2. The van der Waals surface area contributed by atoms with Crippen molar-refractivity contribution in [2.75, 3.05) is 14.2 Å². The number of hydrogen-bond acceptors (Lipinski definition) is 4. The summed E-state index contributed by atoms with van der Waals surface area (Å²) in [5.41, 5.74) is 2.92. The maximum absolute atomic E-state index is 12.5. The number of methoxy groups -OCH3 is 2. The highest BCUT2D eigenvalue weighted by molar-refractivity contribution is 5.99. The lowest BCUT2D eigenvalue weighted by Gasteiger charge is -2.30. The van der Waals surface area contributed by atoms with Crippen LogP contribution in [0.3, 0.4) is 0 Å². The van der Waals surface area contributed by atoms with E-state index in [1.807, 2.05) is 18.2 Å². The van der Waals surface area contributed by atoms with Crippen LogP contribution in [0.15, 0.2) is 30.3 Å². The Hall–Kier alpha value is -3.02. The van der Waals surface area contributed by atoms with Crippen LogP contribution in [0.1, 0.15) is 47.2 Å². The zero-order valence-electron chi connectivity index (χ0n) is 16.0. The predicted molar refractivity (Wildman–Crippen MR) is 104 cm³/mol. The van der Waals surface area contributed by atoms with Gasteiger partial charge in [-0.15, -0.1) is 0 Å². The second kappa shape index (κ2) is 6.86. The van der Waals surface area contributed by atoms with Crippen LogP contribution >= 0.6 is 0 Å². The van der Waals surface area contributed by atoms with E-state index in [1.54, 1.807) is 26.4 Å². The van der Waals surface area contributed by atoms with Crippen molar-refractivity contribution >= 4 is 11.9 Å². The van der Waals surface area contributed by atoms with Crippen molar-refractivity contribution in [2.45, 2.75) is 37.6 Å². The molecule has 2 aromatic carbocycles. The molecular weight excluding hydrogens is 358 g/mol. The molecule has 0 unspecified atom stereocenters. The maximum atomic E-state index is 12.5. The molecule has 2 aromatic rings. The number of benzene rings is 2. The van der Waals surface area contributed by atoms with Gasteiger partial charge in [-0.25, -0.2) is 0 Å². The third-order valence-electron chi connectivity index (χ3n) is 5.99. The molecule has 0 aromatic heterocycles. The van der Waals surface area contributed by atoms with Crippen LogP contribution in [0.25, 0.3) is 11.1 Å². The number of carbonyl (C=O) groups is 2. The zero-order valence-corrected chi connectivity index (χ0v) is 16.0. The number of carboxylic acid groups (broad SMARTS) is 1. The van der Waals surface area contributed by atoms with Crippen molar-refractivity contribution in [1.29, 1.82) is 0 Å². The highest BCUT2D eigenvalue weighted by atomic mass is 16.5. The summed E-state index contributed by atoms with van der Waals surface area (Å²) in [4.78, 5) is 24.3. The predicted octanol–water partition coefficient (Wildman–Crippen LogP) is 3.51. The summed E-state index contributed by atoms with van der Waals surface area (Å²) >= 11 is 0. The van der Waals surface area contributed by atoms with Crippen molar-refractivity contribution in [3.05, 3.63) is 47.0 Å². The van der Waals surface area contributed by atoms with Crippen LogP contribution in [0.5, 0.6) is 11.5 Å². The third-order valence-corrected chi connectivity index (χ3v) is 5.99. The van der Waals surface area contributed by atoms with E-state index in [9.17, 15) is 14.7 Å². The Kier molecular flexibility index (Phi) is 4.49. The monoisotopic (exact) mass is 381 g/mol. The first kappa shape index (κ1) is 18.3. The minimum absolute atomic E-state index is 0.0770. The molecule has 0 atom stereocenters. The topological polar surface area (TPSA) is 84.9 Å². The van der Waals surface area contributed by atoms with E-state index in [4.69, 9.17) is 9.47 Å². The van der Waals surface area contributed by atoms with Gasteiger partial charge in [-0.1, -0.05) is 25.0 Å². The van der Waals surface area contributed by atoms with Crippen LogP contribution in [0.4, 0.5) is 0 Å². The van der Waals surface area contributed by atoms with Crippen molar-refractivity contribution in [2.24, 2.45) is 0 Å². The number of carboxylic acids is 1. The molecule has 28 heavy (non-hydrogen) atoms. The number of rotatable bonds is 5. The summed E-state index contributed by atoms with van der Waals surface area (Å²) < 4.78 is 11.1. The first-order valence-corrected chi connectivity index (χ1v) is 9.42. The lowest BCUT2D eigenvalue weighted by molar-refractivity contribution is -0.143. The molecule has 1 heterocycles. The second-order valence-electron chi connectivity index (χ2n) is 7.37. The molecule has 146 valence electrons. The number of aliphatic carboxylic acids is 1. The lowest BCUT2D eigenvalue weighted by atomic mass is 9.74. The fourth-order valence-corrected chi connectivity index (χ4v) is 4.59. The molecule has 1 amide bonds. The smallest absolute Gasteiger partial charge is 0.314 e. The van der Waals surface area contributed by atoms with Gasteiger partial charge in [-0.05, 0) is 47.7 Å². The van der Waals surface area contributed by atoms with Gasteiger partial charge < -0.3 is 19.9 Å². The minimum atomic E-state index is -1.01. The van der Waals surface area contributed by atoms with E-state index in [-0.39, 0.29) is 5.91 Å². The normalized spacial score (nSPS) is 17.1. The third kappa shape index (κ3) is 2.63. The standard InChI is InChI=1S/C22H23NO5/c1-27-17-8-7-15(13-5-6-16-14(11-13)12-23-20(16)24)18(19(17)28-2)22(21(25)26)9-3-4-10-22/h5-8,11H,3-4,9-10,12H2,1-2H3,(H,23,24)(H,25,26). The molecule has 0 spiro atoms. The number of amides is 1.